The Bertz CT molecular complexity index is 1130. The Morgan fingerprint density at radius 2 is 1.33 bits per heavy atom. The molecule has 192 valence electrons. The highest BCUT2D eigenvalue weighted by Crippen LogP contribution is 2.45. The zero-order chi connectivity index (χ0) is 26.5. The Hall–Kier alpha value is -1.64. The van der Waals surface area contributed by atoms with Crippen LogP contribution in [0.25, 0.3) is 5.47 Å². The highest BCUT2D eigenvalue weighted by atomic mass is 79.9. The Labute approximate surface area is 224 Å². The Kier molecular flexibility index (Phi) is 7.30. The number of para-hydroxylation sites is 1. The summed E-state index contributed by atoms with van der Waals surface area (Å²) in [6, 6.07) is 11.8. The van der Waals surface area contributed by atoms with Gasteiger partial charge < -0.3 is 23.4 Å². The average Bonchev–Trinajstić information content (AvgIpc) is 3.13. The molecule has 0 spiro atoms. The Morgan fingerprint density at radius 3 is 1.89 bits per heavy atom. The van der Waals surface area contributed by atoms with Gasteiger partial charge in [-0.15, -0.1) is 0 Å². The molecule has 0 amide bonds. The first kappa shape index (κ1) is 27.4. The highest BCUT2D eigenvalue weighted by molar-refractivity contribution is 9.10. The number of ether oxygens (including phenoxy) is 1. The molecule has 3 heterocycles. The van der Waals surface area contributed by atoms with Crippen LogP contribution in [0, 0.1) is 0 Å². The van der Waals surface area contributed by atoms with E-state index in [1.54, 1.807) is 6.20 Å². The molecule has 2 saturated heterocycles. The molecule has 0 unspecified atom stereocenters. The van der Waals surface area contributed by atoms with Gasteiger partial charge in [0, 0.05) is 16.2 Å². The maximum Gasteiger partial charge on any atom is 0.494 e. The fourth-order valence-electron chi connectivity index (χ4n) is 4.12. The number of aromatic nitrogens is 1. The van der Waals surface area contributed by atoms with Crippen molar-refractivity contribution in [2.45, 2.75) is 91.3 Å². The summed E-state index contributed by atoms with van der Waals surface area (Å²) in [6.45, 7) is 18.7. The van der Waals surface area contributed by atoms with Gasteiger partial charge in [0.25, 0.3) is 0 Å². The van der Waals surface area contributed by atoms with E-state index in [0.717, 1.165) is 26.7 Å². The third kappa shape index (κ3) is 5.05. The van der Waals surface area contributed by atoms with E-state index in [0.29, 0.717) is 12.4 Å². The number of rotatable bonds is 6. The smallest absolute Gasteiger partial charge is 0.487 e. The molecule has 0 radical (unpaired) electrons. The third-order valence-electron chi connectivity index (χ3n) is 7.90. The van der Waals surface area contributed by atoms with E-state index in [1.165, 1.54) is 0 Å². The predicted molar refractivity (Wildman–Crippen MR) is 147 cm³/mol. The average molecular weight is 556 g/mol. The first-order chi connectivity index (χ1) is 16.7. The van der Waals surface area contributed by atoms with Gasteiger partial charge in [0.1, 0.15) is 12.4 Å². The standard InChI is InChI=1S/C27H36B2BrNO5/c1-18(28-33-24(2,3)25(4,5)34-28)23(29-35-26(6,7)27(8,9)36-29)19-13-10-11-15-22(19)32-17-21-20(30)14-12-16-31-21/h10-16H,17H2,1-9H3/b23-18-. The molecule has 0 aliphatic carbocycles. The van der Waals surface area contributed by atoms with E-state index in [4.69, 9.17) is 23.4 Å². The molecule has 2 aromatic rings. The second kappa shape index (κ2) is 9.59. The Balaban J connectivity index is 1.78. The van der Waals surface area contributed by atoms with Crippen molar-refractivity contribution in [2.24, 2.45) is 0 Å². The van der Waals surface area contributed by atoms with Crippen molar-refractivity contribution in [2.75, 3.05) is 0 Å². The topological polar surface area (TPSA) is 59.0 Å². The van der Waals surface area contributed by atoms with Crippen LogP contribution >= 0.6 is 15.9 Å². The van der Waals surface area contributed by atoms with E-state index < -0.39 is 36.6 Å². The summed E-state index contributed by atoms with van der Waals surface area (Å²) >= 11 is 3.56. The fourth-order valence-corrected chi connectivity index (χ4v) is 4.49. The van der Waals surface area contributed by atoms with Gasteiger partial charge in [-0.2, -0.15) is 0 Å². The second-order valence-corrected chi connectivity index (χ2v) is 12.3. The van der Waals surface area contributed by atoms with Crippen LogP contribution in [-0.4, -0.2) is 41.6 Å². The van der Waals surface area contributed by atoms with Gasteiger partial charge in [0.2, 0.25) is 0 Å². The maximum atomic E-state index is 6.54. The normalized spacial score (nSPS) is 22.5. The summed E-state index contributed by atoms with van der Waals surface area (Å²) in [6.07, 6.45) is 1.76. The lowest BCUT2D eigenvalue weighted by atomic mass is 9.62. The van der Waals surface area contributed by atoms with E-state index in [9.17, 15) is 0 Å². The molecule has 0 saturated carbocycles. The molecule has 1 aromatic carbocycles. The third-order valence-corrected chi connectivity index (χ3v) is 8.62. The van der Waals surface area contributed by atoms with Crippen LogP contribution in [0.2, 0.25) is 0 Å². The summed E-state index contributed by atoms with van der Waals surface area (Å²) in [7, 11) is -1.18. The van der Waals surface area contributed by atoms with Crippen molar-refractivity contribution in [3.63, 3.8) is 0 Å². The van der Waals surface area contributed by atoms with Crippen LogP contribution in [0.3, 0.4) is 0 Å². The summed E-state index contributed by atoms with van der Waals surface area (Å²) in [5.74, 6) is 0.704. The van der Waals surface area contributed by atoms with Crippen molar-refractivity contribution >= 4 is 35.6 Å². The van der Waals surface area contributed by atoms with Crippen LogP contribution in [0.5, 0.6) is 5.75 Å². The van der Waals surface area contributed by atoms with Gasteiger partial charge >= 0.3 is 14.2 Å². The molecule has 0 N–H and O–H groups in total. The molecule has 2 aliphatic heterocycles. The number of pyridine rings is 1. The van der Waals surface area contributed by atoms with Gasteiger partial charge in [-0.25, -0.2) is 0 Å². The summed E-state index contributed by atoms with van der Waals surface area (Å²) in [4.78, 5) is 4.44. The Morgan fingerprint density at radius 1 is 0.806 bits per heavy atom. The van der Waals surface area contributed by atoms with Crippen LogP contribution in [-0.2, 0) is 25.2 Å². The zero-order valence-corrected chi connectivity index (χ0v) is 24.4. The van der Waals surface area contributed by atoms with Crippen molar-refractivity contribution in [1.82, 2.24) is 4.98 Å². The number of hydrogen-bond donors (Lipinski definition) is 0. The van der Waals surface area contributed by atoms with E-state index >= 15 is 0 Å². The fraction of sp³-hybridized carbons (Fsp3) is 0.519. The zero-order valence-electron chi connectivity index (χ0n) is 22.8. The van der Waals surface area contributed by atoms with Crippen molar-refractivity contribution in [3.05, 3.63) is 63.8 Å². The minimum atomic E-state index is -0.625. The monoisotopic (exact) mass is 555 g/mol. The van der Waals surface area contributed by atoms with Crippen LogP contribution in [0.1, 0.15) is 73.6 Å². The molecular weight excluding hydrogens is 520 g/mol. The quantitative estimate of drug-likeness (QED) is 0.381. The molecule has 1 aromatic heterocycles. The molecule has 0 atom stereocenters. The molecule has 2 fully saturated rings. The van der Waals surface area contributed by atoms with Crippen molar-refractivity contribution < 1.29 is 23.4 Å². The maximum absolute atomic E-state index is 6.54. The van der Waals surface area contributed by atoms with E-state index in [1.807, 2.05) is 43.3 Å². The lowest BCUT2D eigenvalue weighted by Gasteiger charge is -2.32. The number of halogens is 1. The first-order valence-corrected chi connectivity index (χ1v) is 13.2. The molecule has 2 aliphatic rings. The van der Waals surface area contributed by atoms with Gasteiger partial charge in [-0.05, 0) is 107 Å². The van der Waals surface area contributed by atoms with Gasteiger partial charge in [0.05, 0.1) is 28.1 Å². The molecule has 0 bridgehead atoms. The lowest BCUT2D eigenvalue weighted by Crippen LogP contribution is -2.41. The summed E-state index contributed by atoms with van der Waals surface area (Å²) < 4.78 is 33.2. The number of benzene rings is 1. The van der Waals surface area contributed by atoms with Gasteiger partial charge in [-0.1, -0.05) is 18.2 Å². The number of hydrogen-bond acceptors (Lipinski definition) is 6. The van der Waals surface area contributed by atoms with Crippen molar-refractivity contribution in [3.8, 4) is 5.75 Å². The lowest BCUT2D eigenvalue weighted by molar-refractivity contribution is 0.00578. The largest absolute Gasteiger partial charge is 0.494 e. The highest BCUT2D eigenvalue weighted by Gasteiger charge is 2.56. The molecule has 9 heteroatoms. The number of allylic oxidation sites excluding steroid dienone is 1. The van der Waals surface area contributed by atoms with Crippen LogP contribution in [0.4, 0.5) is 0 Å². The SMILES string of the molecule is C/C(B1OC(C)(C)C(C)(C)O1)=C(/B1OC(C)(C)C(C)(C)O1)c1ccccc1OCc1ncccc1Br. The minimum Gasteiger partial charge on any atom is -0.487 e. The van der Waals surface area contributed by atoms with E-state index in [-0.39, 0.29) is 0 Å². The molecular formula is C27H36B2BrNO5. The summed E-state index contributed by atoms with van der Waals surface area (Å²) in [5, 5.41) is 0. The second-order valence-electron chi connectivity index (χ2n) is 11.5. The first-order valence-electron chi connectivity index (χ1n) is 12.4. The van der Waals surface area contributed by atoms with Crippen LogP contribution < -0.4 is 4.74 Å². The minimum absolute atomic E-state index is 0.310. The van der Waals surface area contributed by atoms with Crippen LogP contribution in [0.15, 0.2) is 52.5 Å². The van der Waals surface area contributed by atoms with Crippen molar-refractivity contribution in [1.29, 1.82) is 0 Å². The number of nitrogens with zero attached hydrogens (tertiary/aromatic N) is 1. The molecule has 36 heavy (non-hydrogen) atoms. The van der Waals surface area contributed by atoms with E-state index in [2.05, 4.69) is 76.3 Å². The molecule has 4 rings (SSSR count). The summed E-state index contributed by atoms with van der Waals surface area (Å²) in [5.41, 5.74) is 1.47. The molecule has 6 nitrogen and oxygen atoms in total. The van der Waals surface area contributed by atoms with Gasteiger partial charge in [0.15, 0.2) is 0 Å². The van der Waals surface area contributed by atoms with Gasteiger partial charge in [-0.3, -0.25) is 4.98 Å². The predicted octanol–water partition coefficient (Wildman–Crippen LogP) is 6.46.